The minimum Gasteiger partial charge on any atom is -0.383 e. The molecule has 1 atom stereocenters. The number of methoxy groups -OCH3 is 1. The van der Waals surface area contributed by atoms with E-state index in [1.807, 2.05) is 37.4 Å². The fraction of sp³-hybridized carbons (Fsp3) is 0.355. The number of carbonyl (C=O) groups is 1. The monoisotopic (exact) mass is 563 g/mol. The molecule has 1 unspecified atom stereocenters. The van der Waals surface area contributed by atoms with E-state index < -0.39 is 11.6 Å². The van der Waals surface area contributed by atoms with Gasteiger partial charge in [-0.25, -0.2) is 14.2 Å². The Labute approximate surface area is 238 Å². The summed E-state index contributed by atoms with van der Waals surface area (Å²) in [6.45, 7) is 2.67. The maximum atomic E-state index is 13.6. The van der Waals surface area contributed by atoms with E-state index in [-0.39, 0.29) is 12.1 Å². The van der Waals surface area contributed by atoms with E-state index in [0.717, 1.165) is 54.1 Å². The van der Waals surface area contributed by atoms with Crippen molar-refractivity contribution in [1.82, 2.24) is 14.8 Å². The highest BCUT2D eigenvalue weighted by Gasteiger charge is 2.22. The zero-order valence-electron chi connectivity index (χ0n) is 23.3. The Bertz CT molecular complexity index is 1480. The van der Waals surface area contributed by atoms with Crippen LogP contribution in [-0.4, -0.2) is 60.8 Å². The lowest BCUT2D eigenvalue weighted by atomic mass is 10.0. The van der Waals surface area contributed by atoms with E-state index in [4.69, 9.17) is 9.47 Å². The Kier molecular flexibility index (Phi) is 9.23. The number of hydrogen-bond acceptors (Lipinski definition) is 6. The third-order valence-electron chi connectivity index (χ3n) is 7.17. The smallest absolute Gasteiger partial charge is 0.273 e. The molecular weight excluding hydrogens is 528 g/mol. The number of likely N-dealkylation sites (N-methyl/N-ethyl adjacent to an activating group) is 1. The fourth-order valence-electron chi connectivity index (χ4n) is 5.11. The van der Waals surface area contributed by atoms with Crippen molar-refractivity contribution in [2.24, 2.45) is 0 Å². The first-order valence-corrected chi connectivity index (χ1v) is 13.8. The number of ether oxygens (including phenoxy) is 2. The molecule has 2 heterocycles. The number of amides is 1. The molecule has 1 fully saturated rings. The molecule has 2 N–H and O–H groups in total. The summed E-state index contributed by atoms with van der Waals surface area (Å²) in [5, 5.41) is 8.67. The average molecular weight is 564 g/mol. The first-order chi connectivity index (χ1) is 19.9. The van der Waals surface area contributed by atoms with Crippen LogP contribution in [0.3, 0.4) is 0 Å². The van der Waals surface area contributed by atoms with Crippen molar-refractivity contribution in [2.75, 3.05) is 44.7 Å². The Hall–Kier alpha value is -3.86. The maximum Gasteiger partial charge on any atom is 0.273 e. The van der Waals surface area contributed by atoms with Crippen LogP contribution < -0.4 is 10.7 Å². The summed E-state index contributed by atoms with van der Waals surface area (Å²) in [6.07, 6.45) is 4.80. The van der Waals surface area contributed by atoms with Gasteiger partial charge in [-0.3, -0.25) is 9.69 Å². The topological polar surface area (TPSA) is 80.7 Å². The number of rotatable bonds is 11. The van der Waals surface area contributed by atoms with Crippen LogP contribution in [0.4, 0.5) is 14.5 Å². The summed E-state index contributed by atoms with van der Waals surface area (Å²) in [5.74, 6) is -1.52. The van der Waals surface area contributed by atoms with Gasteiger partial charge < -0.3 is 14.8 Å². The van der Waals surface area contributed by atoms with Gasteiger partial charge in [0.1, 0.15) is 17.9 Å². The van der Waals surface area contributed by atoms with Crippen molar-refractivity contribution in [3.63, 3.8) is 0 Å². The minimum absolute atomic E-state index is 0.170. The van der Waals surface area contributed by atoms with Crippen molar-refractivity contribution in [3.8, 4) is 0 Å². The van der Waals surface area contributed by atoms with Crippen LogP contribution in [0.5, 0.6) is 0 Å². The predicted octanol–water partition coefficient (Wildman–Crippen LogP) is 5.31. The number of nitrogens with zero attached hydrogens (tertiary/aromatic N) is 3. The normalized spacial score (nSPS) is 15.4. The molecule has 1 amide bonds. The number of carbonyl (C=O) groups excluding carboxylic acids is 1. The first kappa shape index (κ1) is 28.7. The minimum atomic E-state index is -0.605. The van der Waals surface area contributed by atoms with E-state index in [1.165, 1.54) is 16.9 Å². The van der Waals surface area contributed by atoms with Gasteiger partial charge in [-0.15, -0.1) is 0 Å². The first-order valence-electron chi connectivity index (χ1n) is 13.8. The lowest BCUT2D eigenvalue weighted by Gasteiger charge is -2.28. The van der Waals surface area contributed by atoms with Gasteiger partial charge in [-0.05, 0) is 79.8 Å². The van der Waals surface area contributed by atoms with Gasteiger partial charge in [0, 0.05) is 38.3 Å². The zero-order chi connectivity index (χ0) is 28.8. The van der Waals surface area contributed by atoms with E-state index in [1.54, 1.807) is 19.4 Å². The van der Waals surface area contributed by atoms with Crippen molar-refractivity contribution < 1.29 is 23.0 Å². The highest BCUT2D eigenvalue weighted by atomic mass is 19.1. The molecule has 8 nitrogen and oxygen atoms in total. The Morgan fingerprint density at radius 1 is 1.12 bits per heavy atom. The second kappa shape index (κ2) is 13.2. The number of para-hydroxylation sites is 1. The molecule has 3 aromatic carbocycles. The number of nitrogens with one attached hydrogen (secondary N) is 2. The molecular formula is C31H35F2N5O3. The molecule has 0 saturated carbocycles. The molecule has 0 radical (unpaired) electrons. The van der Waals surface area contributed by atoms with Crippen molar-refractivity contribution in [2.45, 2.75) is 38.5 Å². The molecule has 5 rings (SSSR count). The summed E-state index contributed by atoms with van der Waals surface area (Å²) in [5.41, 5.74) is 7.23. The van der Waals surface area contributed by atoms with Crippen molar-refractivity contribution >= 4 is 22.5 Å². The third-order valence-corrected chi connectivity index (χ3v) is 7.17. The standard InChI is InChI=1S/C31H35F2N5O3/c1-37(11-13-40-2)20-23-6-5-7-27(30(23)35-29-8-3-4-12-41-29)31(39)36-38-28-10-9-21(15-24(28)19-34-38)14-22-16-25(32)18-26(33)17-22/h5-7,9-10,15-19,29,35H,3-4,8,11-14,20H2,1-2H3,(H,36,39). The molecule has 1 saturated heterocycles. The summed E-state index contributed by atoms with van der Waals surface area (Å²) >= 11 is 0. The number of aromatic nitrogens is 2. The molecule has 216 valence electrons. The zero-order valence-corrected chi connectivity index (χ0v) is 23.3. The molecule has 0 spiro atoms. The van der Waals surface area contributed by atoms with Gasteiger partial charge >= 0.3 is 0 Å². The quantitative estimate of drug-likeness (QED) is 0.258. The number of anilines is 1. The van der Waals surface area contributed by atoms with Crippen LogP contribution in [0, 0.1) is 11.6 Å². The van der Waals surface area contributed by atoms with Gasteiger partial charge in [0.25, 0.3) is 5.91 Å². The van der Waals surface area contributed by atoms with Crippen LogP contribution in [0.2, 0.25) is 0 Å². The molecule has 4 aromatic rings. The largest absolute Gasteiger partial charge is 0.383 e. The van der Waals surface area contributed by atoms with Crippen LogP contribution >= 0.6 is 0 Å². The van der Waals surface area contributed by atoms with Gasteiger partial charge in [-0.1, -0.05) is 18.2 Å². The summed E-state index contributed by atoms with van der Waals surface area (Å²) < 4.78 is 38.4. The Morgan fingerprint density at radius 2 is 1.95 bits per heavy atom. The molecule has 1 aromatic heterocycles. The van der Waals surface area contributed by atoms with Gasteiger partial charge in [-0.2, -0.15) is 9.89 Å². The predicted molar refractivity (Wildman–Crippen MR) is 154 cm³/mol. The van der Waals surface area contributed by atoms with E-state index in [9.17, 15) is 13.6 Å². The van der Waals surface area contributed by atoms with Gasteiger partial charge in [0.15, 0.2) is 0 Å². The average Bonchev–Trinajstić information content (AvgIpc) is 3.34. The summed E-state index contributed by atoms with van der Waals surface area (Å²) in [4.78, 5) is 17.2. The third kappa shape index (κ3) is 7.27. The fourth-order valence-corrected chi connectivity index (χ4v) is 5.11. The van der Waals surface area contributed by atoms with E-state index >= 15 is 0 Å². The number of fused-ring (bicyclic) bond motifs is 1. The number of hydrogen-bond donors (Lipinski definition) is 2. The van der Waals surface area contributed by atoms with E-state index in [0.29, 0.717) is 42.8 Å². The Morgan fingerprint density at radius 3 is 2.71 bits per heavy atom. The van der Waals surface area contributed by atoms with E-state index in [2.05, 4.69) is 20.7 Å². The molecule has 0 aliphatic carbocycles. The summed E-state index contributed by atoms with van der Waals surface area (Å²) in [6, 6.07) is 14.8. The second-order valence-electron chi connectivity index (χ2n) is 10.4. The second-order valence-corrected chi connectivity index (χ2v) is 10.4. The lowest BCUT2D eigenvalue weighted by molar-refractivity contribution is 0.0342. The van der Waals surface area contributed by atoms with Crippen LogP contribution in [-0.2, 0) is 22.4 Å². The van der Waals surface area contributed by atoms with Gasteiger partial charge in [0.05, 0.1) is 29.6 Å². The maximum absolute atomic E-state index is 13.6. The van der Waals surface area contributed by atoms with Crippen molar-refractivity contribution in [1.29, 1.82) is 0 Å². The highest BCUT2D eigenvalue weighted by molar-refractivity contribution is 6.05. The van der Waals surface area contributed by atoms with Crippen molar-refractivity contribution in [3.05, 3.63) is 94.7 Å². The number of halogens is 2. The molecule has 1 aliphatic heterocycles. The molecule has 0 bridgehead atoms. The Balaban J connectivity index is 1.37. The van der Waals surface area contributed by atoms with Gasteiger partial charge in [0.2, 0.25) is 0 Å². The van der Waals surface area contributed by atoms with Crippen LogP contribution in [0.1, 0.15) is 46.3 Å². The van der Waals surface area contributed by atoms with Crippen LogP contribution in [0.25, 0.3) is 10.9 Å². The highest BCUT2D eigenvalue weighted by Crippen LogP contribution is 2.27. The number of benzene rings is 3. The van der Waals surface area contributed by atoms with Crippen LogP contribution in [0.15, 0.2) is 60.8 Å². The molecule has 1 aliphatic rings. The lowest BCUT2D eigenvalue weighted by Crippen LogP contribution is -2.31. The molecule has 41 heavy (non-hydrogen) atoms. The SMILES string of the molecule is COCCN(C)Cc1cccc(C(=O)Nn2ncc3cc(Cc4cc(F)cc(F)c4)ccc32)c1NC1CCCCO1. The molecule has 10 heteroatoms. The summed E-state index contributed by atoms with van der Waals surface area (Å²) in [7, 11) is 3.69.